The van der Waals surface area contributed by atoms with Gasteiger partial charge >= 0.3 is 5.97 Å². The Morgan fingerprint density at radius 1 is 0.900 bits per heavy atom. The first-order chi connectivity index (χ1) is 19.3. The highest BCUT2D eigenvalue weighted by molar-refractivity contribution is 7.89. The topological polar surface area (TPSA) is 88.6 Å². The molecule has 4 aromatic rings. The highest BCUT2D eigenvalue weighted by atomic mass is 32.2. The fourth-order valence-electron chi connectivity index (χ4n) is 4.12. The second kappa shape index (κ2) is 13.6. The van der Waals surface area contributed by atoms with Crippen LogP contribution in [0.2, 0.25) is 0 Å². The van der Waals surface area contributed by atoms with E-state index in [1.54, 1.807) is 42.5 Å². The van der Waals surface area contributed by atoms with Gasteiger partial charge in [-0.25, -0.2) is 13.4 Å². The molecule has 0 aliphatic heterocycles. The molecule has 0 aliphatic carbocycles. The van der Waals surface area contributed by atoms with Gasteiger partial charge < -0.3 is 10.1 Å². The van der Waals surface area contributed by atoms with Crippen molar-refractivity contribution in [3.63, 3.8) is 0 Å². The Morgan fingerprint density at radius 2 is 1.65 bits per heavy atom. The summed E-state index contributed by atoms with van der Waals surface area (Å²) in [5, 5.41) is 3.10. The van der Waals surface area contributed by atoms with Gasteiger partial charge in [-0.15, -0.1) is 5.92 Å². The fourth-order valence-corrected chi connectivity index (χ4v) is 5.54. The number of sulfonamides is 1. The zero-order valence-corrected chi connectivity index (χ0v) is 23.3. The summed E-state index contributed by atoms with van der Waals surface area (Å²) < 4.78 is 33.8. The largest absolute Gasteiger partial charge is 0.464 e. The molecule has 1 aromatic heterocycles. The number of anilines is 1. The molecule has 8 heteroatoms. The quantitative estimate of drug-likeness (QED) is 0.150. The molecule has 40 heavy (non-hydrogen) atoms. The number of nitrogens with zero attached hydrogens (tertiary/aromatic N) is 2. The van der Waals surface area contributed by atoms with Crippen LogP contribution < -0.4 is 5.32 Å². The molecule has 3 aromatic carbocycles. The van der Waals surface area contributed by atoms with Crippen molar-refractivity contribution in [3.8, 4) is 23.0 Å². The van der Waals surface area contributed by atoms with Gasteiger partial charge in [-0.05, 0) is 60.0 Å². The summed E-state index contributed by atoms with van der Waals surface area (Å²) in [5.74, 6) is 6.22. The van der Waals surface area contributed by atoms with Gasteiger partial charge in [0.25, 0.3) is 0 Å². The number of aromatic nitrogens is 1. The SMILES string of the molecule is CC#Cc1cccc(-c2ccc(CN(Cc3cccc(NCCOC(C)=O)n3)S(=O)(=O)c3ccccc3)cc2)c1. The van der Waals surface area contributed by atoms with E-state index >= 15 is 0 Å². The molecule has 0 atom stereocenters. The zero-order valence-electron chi connectivity index (χ0n) is 22.5. The minimum Gasteiger partial charge on any atom is -0.464 e. The van der Waals surface area contributed by atoms with Crippen LogP contribution in [0.15, 0.2) is 102 Å². The Labute approximate surface area is 235 Å². The summed E-state index contributed by atoms with van der Waals surface area (Å²) in [6.07, 6.45) is 0. The van der Waals surface area contributed by atoms with Crippen molar-refractivity contribution in [3.05, 3.63) is 114 Å². The second-order valence-corrected chi connectivity index (χ2v) is 11.0. The molecule has 0 aliphatic rings. The van der Waals surface area contributed by atoms with Gasteiger partial charge in [-0.1, -0.05) is 66.6 Å². The fraction of sp³-hybridized carbons (Fsp3) is 0.188. The maximum atomic E-state index is 13.7. The third-order valence-electron chi connectivity index (χ3n) is 6.02. The van der Waals surface area contributed by atoms with Gasteiger partial charge in [0.1, 0.15) is 12.4 Å². The minimum atomic E-state index is -3.81. The predicted octanol–water partition coefficient (Wildman–Crippen LogP) is 5.49. The van der Waals surface area contributed by atoms with Gasteiger partial charge in [-0.2, -0.15) is 4.31 Å². The maximum Gasteiger partial charge on any atom is 0.302 e. The molecule has 0 amide bonds. The van der Waals surface area contributed by atoms with E-state index in [9.17, 15) is 13.2 Å². The number of rotatable bonds is 11. The Kier molecular flexibility index (Phi) is 9.68. The van der Waals surface area contributed by atoms with Crippen molar-refractivity contribution in [2.75, 3.05) is 18.5 Å². The van der Waals surface area contributed by atoms with Crippen LogP contribution in [-0.2, 0) is 32.6 Å². The molecular formula is C32H31N3O4S. The van der Waals surface area contributed by atoms with Crippen molar-refractivity contribution in [1.29, 1.82) is 0 Å². The molecule has 0 fully saturated rings. The van der Waals surface area contributed by atoms with E-state index in [1.165, 1.54) is 11.2 Å². The number of hydrogen-bond acceptors (Lipinski definition) is 6. The van der Waals surface area contributed by atoms with Crippen LogP contribution >= 0.6 is 0 Å². The summed E-state index contributed by atoms with van der Waals surface area (Å²) in [4.78, 5) is 15.8. The normalized spacial score (nSPS) is 11.0. The molecule has 1 heterocycles. The Bertz CT molecular complexity index is 1610. The van der Waals surface area contributed by atoms with Crippen LogP contribution in [0.3, 0.4) is 0 Å². The van der Waals surface area contributed by atoms with Crippen molar-refractivity contribution in [2.24, 2.45) is 0 Å². The average molecular weight is 554 g/mol. The average Bonchev–Trinajstić information content (AvgIpc) is 2.96. The van der Waals surface area contributed by atoms with Crippen molar-refractivity contribution >= 4 is 21.8 Å². The molecule has 0 saturated carbocycles. The zero-order chi connectivity index (χ0) is 28.4. The van der Waals surface area contributed by atoms with Gasteiger partial charge in [-0.3, -0.25) is 4.79 Å². The molecular weight excluding hydrogens is 522 g/mol. The summed E-state index contributed by atoms with van der Waals surface area (Å²) >= 11 is 0. The van der Waals surface area contributed by atoms with Crippen LogP contribution in [0.4, 0.5) is 5.82 Å². The number of carbonyl (C=O) groups excluding carboxylic acids is 1. The maximum absolute atomic E-state index is 13.7. The lowest BCUT2D eigenvalue weighted by Crippen LogP contribution is -2.30. The summed E-state index contributed by atoms with van der Waals surface area (Å²) in [5.41, 5.74) is 4.45. The predicted molar refractivity (Wildman–Crippen MR) is 157 cm³/mol. The molecule has 7 nitrogen and oxygen atoms in total. The summed E-state index contributed by atoms with van der Waals surface area (Å²) in [6, 6.07) is 29.7. The number of carbonyl (C=O) groups is 1. The van der Waals surface area contributed by atoms with E-state index < -0.39 is 10.0 Å². The number of hydrogen-bond donors (Lipinski definition) is 1. The molecule has 1 N–H and O–H groups in total. The summed E-state index contributed by atoms with van der Waals surface area (Å²) in [7, 11) is -3.81. The monoisotopic (exact) mass is 553 g/mol. The number of ether oxygens (including phenoxy) is 1. The standard InChI is InChI=1S/C32H31N3O4S/c1-3-9-26-10-7-11-29(22-26)28-18-16-27(17-19-28)23-35(40(37,38)31-13-5-4-6-14-31)24-30-12-8-15-32(34-30)33-20-21-39-25(2)36/h4-8,10-19,22H,20-21,23-24H2,1-2H3,(H,33,34). The molecule has 0 radical (unpaired) electrons. The van der Waals surface area contributed by atoms with E-state index in [0.717, 1.165) is 22.3 Å². The van der Waals surface area contributed by atoms with Gasteiger partial charge in [0.15, 0.2) is 0 Å². The van der Waals surface area contributed by atoms with Crippen molar-refractivity contribution < 1.29 is 17.9 Å². The molecule has 0 bridgehead atoms. The first kappa shape index (κ1) is 28.6. The second-order valence-electron chi connectivity index (χ2n) is 9.02. The molecule has 4 rings (SSSR count). The highest BCUT2D eigenvalue weighted by Crippen LogP contribution is 2.24. The third-order valence-corrected chi connectivity index (χ3v) is 7.82. The van der Waals surface area contributed by atoms with Crippen LogP contribution in [0, 0.1) is 11.8 Å². The lowest BCUT2D eigenvalue weighted by Gasteiger charge is -2.22. The number of pyridine rings is 1. The Morgan fingerprint density at radius 3 is 2.38 bits per heavy atom. The molecule has 0 saturated heterocycles. The van der Waals surface area contributed by atoms with Crippen LogP contribution in [0.25, 0.3) is 11.1 Å². The Hall–Kier alpha value is -4.45. The first-order valence-corrected chi connectivity index (χ1v) is 14.3. The van der Waals surface area contributed by atoms with Gasteiger partial charge in [0, 0.05) is 19.0 Å². The van der Waals surface area contributed by atoms with Crippen LogP contribution in [-0.4, -0.2) is 36.8 Å². The molecule has 0 spiro atoms. The lowest BCUT2D eigenvalue weighted by atomic mass is 10.0. The van der Waals surface area contributed by atoms with Crippen molar-refractivity contribution in [2.45, 2.75) is 31.8 Å². The highest BCUT2D eigenvalue weighted by Gasteiger charge is 2.25. The van der Waals surface area contributed by atoms with E-state index in [-0.39, 0.29) is 30.6 Å². The van der Waals surface area contributed by atoms with E-state index in [0.29, 0.717) is 18.1 Å². The molecule has 204 valence electrons. The van der Waals surface area contributed by atoms with E-state index in [4.69, 9.17) is 4.74 Å². The van der Waals surface area contributed by atoms with Gasteiger partial charge in [0.05, 0.1) is 23.7 Å². The van der Waals surface area contributed by atoms with Crippen molar-refractivity contribution in [1.82, 2.24) is 9.29 Å². The molecule has 0 unspecified atom stereocenters. The van der Waals surface area contributed by atoms with E-state index in [2.05, 4.69) is 22.1 Å². The first-order valence-electron chi connectivity index (χ1n) is 12.9. The third kappa shape index (κ3) is 7.79. The van der Waals surface area contributed by atoms with Gasteiger partial charge in [0.2, 0.25) is 10.0 Å². The number of esters is 1. The Balaban J connectivity index is 1.57. The smallest absolute Gasteiger partial charge is 0.302 e. The number of benzene rings is 3. The lowest BCUT2D eigenvalue weighted by molar-refractivity contribution is -0.140. The van der Waals surface area contributed by atoms with Crippen LogP contribution in [0.5, 0.6) is 0 Å². The minimum absolute atomic E-state index is 0.0795. The van der Waals surface area contributed by atoms with E-state index in [1.807, 2.05) is 61.5 Å². The van der Waals surface area contributed by atoms with Crippen LogP contribution in [0.1, 0.15) is 30.7 Å². The summed E-state index contributed by atoms with van der Waals surface area (Å²) in [6.45, 7) is 4.02. The number of nitrogens with one attached hydrogen (secondary N) is 1.